The molecule has 2 aromatic carbocycles. The van der Waals surface area contributed by atoms with Crippen molar-refractivity contribution in [2.45, 2.75) is 30.5 Å². The molecule has 0 saturated carbocycles. The summed E-state index contributed by atoms with van der Waals surface area (Å²) in [7, 11) is 0. The molecule has 0 amide bonds. The van der Waals surface area contributed by atoms with Gasteiger partial charge in [0.05, 0.1) is 0 Å². The zero-order valence-electron chi connectivity index (χ0n) is 12.2. The fourth-order valence-corrected chi connectivity index (χ4v) is 3.80. The minimum absolute atomic E-state index is 0.509. The van der Waals surface area contributed by atoms with Gasteiger partial charge in [0.25, 0.3) is 0 Å². The Morgan fingerprint density at radius 3 is 2.57 bits per heavy atom. The molecule has 0 N–H and O–H groups in total. The Hall–Kier alpha value is -0.912. The van der Waals surface area contributed by atoms with E-state index in [1.54, 1.807) is 0 Å². The first-order valence-electron chi connectivity index (χ1n) is 7.42. The maximum absolute atomic E-state index is 5.99. The van der Waals surface area contributed by atoms with Crippen molar-refractivity contribution in [2.75, 3.05) is 11.4 Å². The van der Waals surface area contributed by atoms with Crippen LogP contribution < -0.4 is 4.90 Å². The van der Waals surface area contributed by atoms with Crippen LogP contribution in [0.25, 0.3) is 0 Å². The molecule has 2 aromatic rings. The Kier molecular flexibility index (Phi) is 4.62. The van der Waals surface area contributed by atoms with Crippen LogP contribution in [0.1, 0.15) is 18.1 Å². The van der Waals surface area contributed by atoms with Crippen molar-refractivity contribution in [3.63, 3.8) is 0 Å². The van der Waals surface area contributed by atoms with E-state index in [0.29, 0.717) is 10.7 Å². The number of para-hydroxylation sites is 1. The summed E-state index contributed by atoms with van der Waals surface area (Å²) in [5.41, 5.74) is 4.24. The van der Waals surface area contributed by atoms with Crippen molar-refractivity contribution in [1.82, 2.24) is 0 Å². The summed E-state index contributed by atoms with van der Waals surface area (Å²) in [6, 6.07) is 17.6. The van der Waals surface area contributed by atoms with Crippen LogP contribution in [0, 0.1) is 0 Å². The van der Waals surface area contributed by atoms with Gasteiger partial charge in [-0.3, -0.25) is 0 Å². The molecule has 1 aliphatic heterocycles. The van der Waals surface area contributed by atoms with Crippen molar-refractivity contribution < 1.29 is 0 Å². The summed E-state index contributed by atoms with van der Waals surface area (Å²) in [5, 5.41) is 0.808. The van der Waals surface area contributed by atoms with E-state index in [1.807, 2.05) is 12.1 Å². The van der Waals surface area contributed by atoms with Crippen molar-refractivity contribution in [1.29, 1.82) is 0 Å². The predicted molar refractivity (Wildman–Crippen MR) is 91.6 cm³/mol. The molecule has 2 radical (unpaired) electrons. The van der Waals surface area contributed by atoms with Crippen LogP contribution in [0.3, 0.4) is 0 Å². The fourth-order valence-electron chi connectivity index (χ4n) is 3.11. The second kappa shape index (κ2) is 6.46. The molecule has 1 nitrogen and oxygen atoms in total. The van der Waals surface area contributed by atoms with E-state index in [0.717, 1.165) is 24.4 Å². The van der Waals surface area contributed by atoms with E-state index in [4.69, 9.17) is 11.6 Å². The van der Waals surface area contributed by atoms with Gasteiger partial charge in [0, 0.05) is 0 Å². The number of hydrogen-bond donors (Lipinski definition) is 0. The summed E-state index contributed by atoms with van der Waals surface area (Å²) in [5.74, 6) is 0. The van der Waals surface area contributed by atoms with Crippen molar-refractivity contribution in [2.24, 2.45) is 0 Å². The van der Waals surface area contributed by atoms with E-state index in [1.165, 1.54) is 16.8 Å². The molecule has 0 aromatic heterocycles. The van der Waals surface area contributed by atoms with Crippen LogP contribution in [0.15, 0.2) is 48.5 Å². The van der Waals surface area contributed by atoms with E-state index in [9.17, 15) is 0 Å². The third-order valence-electron chi connectivity index (χ3n) is 4.24. The Morgan fingerprint density at radius 2 is 1.86 bits per heavy atom. The third kappa shape index (κ3) is 3.30. The van der Waals surface area contributed by atoms with Gasteiger partial charge in [0.1, 0.15) is 0 Å². The summed E-state index contributed by atoms with van der Waals surface area (Å²) in [6.07, 6.45) is 2.22. The molecule has 21 heavy (non-hydrogen) atoms. The van der Waals surface area contributed by atoms with Crippen molar-refractivity contribution in [3.8, 4) is 0 Å². The van der Waals surface area contributed by atoms with Crippen molar-refractivity contribution in [3.05, 3.63) is 64.7 Å². The van der Waals surface area contributed by atoms with Gasteiger partial charge < -0.3 is 0 Å². The minimum atomic E-state index is 0.509. The summed E-state index contributed by atoms with van der Waals surface area (Å²) >= 11 is 8.81. The molecular weight excluding hydrogens is 341 g/mol. The number of hydrogen-bond acceptors (Lipinski definition) is 1. The van der Waals surface area contributed by atoms with E-state index >= 15 is 0 Å². The maximum atomic E-state index is 5.99. The van der Waals surface area contributed by atoms with Gasteiger partial charge in [-0.05, 0) is 0 Å². The molecule has 1 aliphatic rings. The van der Waals surface area contributed by atoms with Crippen LogP contribution in [0.5, 0.6) is 0 Å². The normalized spacial score (nSPS) is 16.6. The van der Waals surface area contributed by atoms with E-state index < -0.39 is 0 Å². The Balaban J connectivity index is 1.84. The molecule has 0 bridgehead atoms. The summed E-state index contributed by atoms with van der Waals surface area (Å²) in [4.78, 5) is 2.58. The van der Waals surface area contributed by atoms with E-state index in [2.05, 4.69) is 65.1 Å². The van der Waals surface area contributed by atoms with Gasteiger partial charge >= 0.3 is 141 Å². The molecule has 0 aliphatic carbocycles. The number of anilines is 1. The van der Waals surface area contributed by atoms with Gasteiger partial charge in [-0.25, -0.2) is 0 Å². The van der Waals surface area contributed by atoms with Crippen LogP contribution in [0.2, 0.25) is 9.73 Å². The number of rotatable bonds is 4. The zero-order chi connectivity index (χ0) is 14.8. The molecule has 3 rings (SSSR count). The molecule has 1 heterocycles. The molecule has 0 spiro atoms. The number of halogens is 1. The topological polar surface area (TPSA) is 3.24 Å². The van der Waals surface area contributed by atoms with E-state index in [-0.39, 0.29) is 0 Å². The first-order chi connectivity index (χ1) is 10.1. The van der Waals surface area contributed by atoms with Crippen LogP contribution in [0.4, 0.5) is 5.69 Å². The van der Waals surface area contributed by atoms with Gasteiger partial charge in [-0.15, -0.1) is 0 Å². The van der Waals surface area contributed by atoms with Crippen LogP contribution in [-0.4, -0.2) is 29.4 Å². The molecule has 3 heteroatoms. The van der Waals surface area contributed by atoms with Crippen molar-refractivity contribution >= 4 is 34.1 Å². The quantitative estimate of drug-likeness (QED) is 0.736. The molecule has 2 atom stereocenters. The Bertz CT molecular complexity index is 609. The molecule has 108 valence electrons. The predicted octanol–water partition coefficient (Wildman–Crippen LogP) is 4.29. The van der Waals surface area contributed by atoms with Gasteiger partial charge in [0.15, 0.2) is 0 Å². The average molecular weight is 360 g/mol. The second-order valence-electron chi connectivity index (χ2n) is 5.71. The monoisotopic (exact) mass is 359 g/mol. The van der Waals surface area contributed by atoms with Crippen LogP contribution >= 0.6 is 11.6 Å². The number of nitrogens with zero attached hydrogens (tertiary/aromatic N) is 1. The molecule has 0 saturated heterocycles. The SMILES string of the molecule is CC([As])C(Cc1ccc(Cl)cc1)N1CCc2ccccc21. The summed E-state index contributed by atoms with van der Waals surface area (Å²) < 4.78 is 0.555. The Labute approximate surface area is 140 Å². The third-order valence-corrected chi connectivity index (χ3v) is 5.21. The molecule has 2 unspecified atom stereocenters. The molecule has 0 fully saturated rings. The first kappa shape index (κ1) is 15.0. The van der Waals surface area contributed by atoms with Gasteiger partial charge in [0.2, 0.25) is 0 Å². The Morgan fingerprint density at radius 1 is 1.14 bits per heavy atom. The average Bonchev–Trinajstić information content (AvgIpc) is 2.90. The standard InChI is InChI=1S/C18H19AsClN/c1-13(19)18(12-14-6-8-16(20)9-7-14)21-11-10-15-4-2-3-5-17(15)21/h2-9,13,18H,10-12H2,1H3. The van der Waals surface area contributed by atoms with Gasteiger partial charge in [-0.1, -0.05) is 0 Å². The number of benzene rings is 2. The first-order valence-corrected chi connectivity index (χ1v) is 8.88. The van der Waals surface area contributed by atoms with Gasteiger partial charge in [-0.2, -0.15) is 0 Å². The second-order valence-corrected chi connectivity index (χ2v) is 7.86. The van der Waals surface area contributed by atoms with Crippen LogP contribution in [-0.2, 0) is 12.8 Å². The zero-order valence-corrected chi connectivity index (χ0v) is 14.8. The fraction of sp³-hybridized carbons (Fsp3) is 0.333. The summed E-state index contributed by atoms with van der Waals surface area (Å²) in [6.45, 7) is 3.42. The molecular formula is C18H19AsClN. The number of fused-ring (bicyclic) bond motifs is 1.